The molecule has 1 rings (SSSR count). The van der Waals surface area contributed by atoms with E-state index in [1.54, 1.807) is 0 Å². The Hall–Kier alpha value is -1.05. The highest BCUT2D eigenvalue weighted by atomic mass is 16.1. The van der Waals surface area contributed by atoms with Gasteiger partial charge in [0.05, 0.1) is 5.92 Å². The number of allylic oxidation sites excluding steroid dienone is 3. The highest BCUT2D eigenvalue weighted by Gasteiger charge is 2.39. The molecule has 84 valence electrons. The van der Waals surface area contributed by atoms with Crippen LogP contribution < -0.4 is 5.73 Å². The number of primary amides is 1. The zero-order valence-electron chi connectivity index (χ0n) is 10.1. The summed E-state index contributed by atoms with van der Waals surface area (Å²) < 4.78 is 0. The second kappa shape index (κ2) is 4.21. The van der Waals surface area contributed by atoms with Crippen LogP contribution in [-0.4, -0.2) is 5.91 Å². The Morgan fingerprint density at radius 3 is 2.53 bits per heavy atom. The number of rotatable bonds is 3. The number of nitrogens with two attached hydrogens (primary N) is 1. The minimum atomic E-state index is -0.210. The lowest BCUT2D eigenvalue weighted by Crippen LogP contribution is -2.39. The number of carbonyl (C=O) groups excluding carboxylic acids is 1. The number of hydrogen-bond acceptors (Lipinski definition) is 1. The van der Waals surface area contributed by atoms with Crippen LogP contribution in [0.5, 0.6) is 0 Å². The molecule has 1 amide bonds. The molecule has 2 heteroatoms. The molecule has 2 atom stereocenters. The summed E-state index contributed by atoms with van der Waals surface area (Å²) in [6.45, 7) is 8.42. The lowest BCUT2D eigenvalue weighted by molar-refractivity contribution is -0.123. The minimum absolute atomic E-state index is 0.0832. The van der Waals surface area contributed by atoms with Crippen LogP contribution in [0.2, 0.25) is 0 Å². The Balaban J connectivity index is 3.20. The Kier molecular flexibility index (Phi) is 3.38. The van der Waals surface area contributed by atoms with E-state index in [0.29, 0.717) is 0 Å². The van der Waals surface area contributed by atoms with Gasteiger partial charge in [0.2, 0.25) is 5.91 Å². The molecule has 0 bridgehead atoms. The standard InChI is InChI=1S/C13H21NO/c1-5-10-7-9(3)8-11(12(14)15)13(10,4)6-2/h7-8,11H,5-6H2,1-4H3,(H2,14,15). The Labute approximate surface area is 92.2 Å². The fraction of sp³-hybridized carbons (Fsp3) is 0.615. The lowest BCUT2D eigenvalue weighted by Gasteiger charge is -2.39. The lowest BCUT2D eigenvalue weighted by atomic mass is 9.65. The monoisotopic (exact) mass is 207 g/mol. The third-order valence-corrected chi connectivity index (χ3v) is 3.67. The van der Waals surface area contributed by atoms with E-state index in [1.807, 2.05) is 13.0 Å². The summed E-state index contributed by atoms with van der Waals surface area (Å²) in [5, 5.41) is 0. The molecule has 0 radical (unpaired) electrons. The second-order valence-corrected chi connectivity index (χ2v) is 4.58. The molecular formula is C13H21NO. The topological polar surface area (TPSA) is 43.1 Å². The molecule has 0 heterocycles. The van der Waals surface area contributed by atoms with Crippen molar-refractivity contribution in [2.75, 3.05) is 0 Å². The molecule has 2 nitrogen and oxygen atoms in total. The third-order valence-electron chi connectivity index (χ3n) is 3.67. The largest absolute Gasteiger partial charge is 0.369 e. The molecule has 0 fully saturated rings. The Morgan fingerprint density at radius 2 is 2.13 bits per heavy atom. The van der Waals surface area contributed by atoms with Gasteiger partial charge in [-0.05, 0) is 19.8 Å². The van der Waals surface area contributed by atoms with Crippen molar-refractivity contribution in [1.29, 1.82) is 0 Å². The summed E-state index contributed by atoms with van der Waals surface area (Å²) in [4.78, 5) is 11.5. The molecule has 0 saturated heterocycles. The molecule has 2 N–H and O–H groups in total. The van der Waals surface area contributed by atoms with E-state index in [9.17, 15) is 4.79 Å². The van der Waals surface area contributed by atoms with Gasteiger partial charge < -0.3 is 5.73 Å². The molecule has 0 aromatic rings. The van der Waals surface area contributed by atoms with Crippen molar-refractivity contribution in [1.82, 2.24) is 0 Å². The fourth-order valence-electron chi connectivity index (χ4n) is 2.48. The Morgan fingerprint density at radius 1 is 1.53 bits per heavy atom. The molecule has 0 aromatic heterocycles. The van der Waals surface area contributed by atoms with Crippen LogP contribution in [0, 0.1) is 11.3 Å². The maximum Gasteiger partial charge on any atom is 0.225 e. The summed E-state index contributed by atoms with van der Waals surface area (Å²) in [7, 11) is 0. The van der Waals surface area contributed by atoms with Gasteiger partial charge in [-0.1, -0.05) is 44.1 Å². The van der Waals surface area contributed by atoms with E-state index in [-0.39, 0.29) is 17.2 Å². The van der Waals surface area contributed by atoms with Crippen molar-refractivity contribution in [2.24, 2.45) is 17.1 Å². The maximum atomic E-state index is 11.5. The van der Waals surface area contributed by atoms with Gasteiger partial charge in [0.15, 0.2) is 0 Å². The van der Waals surface area contributed by atoms with Crippen LogP contribution >= 0.6 is 0 Å². The van der Waals surface area contributed by atoms with Crippen molar-refractivity contribution in [2.45, 2.75) is 40.5 Å². The normalized spacial score (nSPS) is 30.8. The first-order valence-corrected chi connectivity index (χ1v) is 5.64. The van der Waals surface area contributed by atoms with E-state index < -0.39 is 0 Å². The van der Waals surface area contributed by atoms with Gasteiger partial charge in [-0.15, -0.1) is 0 Å². The SMILES string of the molecule is CCC1=CC(C)=CC(C(N)=O)C1(C)CC. The molecule has 2 unspecified atom stereocenters. The highest BCUT2D eigenvalue weighted by molar-refractivity contribution is 5.81. The van der Waals surface area contributed by atoms with Crippen LogP contribution in [0.1, 0.15) is 40.5 Å². The summed E-state index contributed by atoms with van der Waals surface area (Å²) >= 11 is 0. The van der Waals surface area contributed by atoms with Gasteiger partial charge in [-0.3, -0.25) is 4.79 Å². The van der Waals surface area contributed by atoms with E-state index in [4.69, 9.17) is 5.73 Å². The maximum absolute atomic E-state index is 11.5. The average Bonchev–Trinajstić information content (AvgIpc) is 2.20. The van der Waals surface area contributed by atoms with Crippen LogP contribution in [0.25, 0.3) is 0 Å². The molecular weight excluding hydrogens is 186 g/mol. The van der Waals surface area contributed by atoms with Crippen molar-refractivity contribution < 1.29 is 4.79 Å². The summed E-state index contributed by atoms with van der Waals surface area (Å²) in [6, 6.07) is 0. The van der Waals surface area contributed by atoms with E-state index in [1.165, 1.54) is 5.57 Å². The fourth-order valence-corrected chi connectivity index (χ4v) is 2.48. The van der Waals surface area contributed by atoms with Crippen molar-refractivity contribution in [3.8, 4) is 0 Å². The first-order valence-electron chi connectivity index (χ1n) is 5.64. The van der Waals surface area contributed by atoms with E-state index >= 15 is 0 Å². The van der Waals surface area contributed by atoms with Crippen LogP contribution in [0.4, 0.5) is 0 Å². The van der Waals surface area contributed by atoms with Crippen LogP contribution in [0.15, 0.2) is 23.3 Å². The summed E-state index contributed by atoms with van der Waals surface area (Å²) in [5.74, 6) is -0.361. The van der Waals surface area contributed by atoms with Gasteiger partial charge in [0.25, 0.3) is 0 Å². The molecule has 0 aromatic carbocycles. The number of amides is 1. The summed E-state index contributed by atoms with van der Waals surface area (Å²) in [6.07, 6.45) is 6.14. The van der Waals surface area contributed by atoms with Gasteiger partial charge in [0.1, 0.15) is 0 Å². The summed E-state index contributed by atoms with van der Waals surface area (Å²) in [5.41, 5.74) is 7.90. The first kappa shape index (κ1) is 12.0. The first-order chi connectivity index (χ1) is 6.95. The average molecular weight is 207 g/mol. The van der Waals surface area contributed by atoms with Gasteiger partial charge in [-0.2, -0.15) is 0 Å². The minimum Gasteiger partial charge on any atom is -0.369 e. The number of carbonyl (C=O) groups is 1. The zero-order valence-corrected chi connectivity index (χ0v) is 10.1. The quantitative estimate of drug-likeness (QED) is 0.759. The molecule has 0 aliphatic heterocycles. The third kappa shape index (κ3) is 1.99. The van der Waals surface area contributed by atoms with E-state index in [2.05, 4.69) is 26.8 Å². The predicted octanol–water partition coefficient (Wildman–Crippen LogP) is 2.80. The van der Waals surface area contributed by atoms with Crippen molar-refractivity contribution in [3.63, 3.8) is 0 Å². The van der Waals surface area contributed by atoms with E-state index in [0.717, 1.165) is 18.4 Å². The van der Waals surface area contributed by atoms with Crippen LogP contribution in [0.3, 0.4) is 0 Å². The molecule has 0 spiro atoms. The molecule has 0 saturated carbocycles. The molecule has 15 heavy (non-hydrogen) atoms. The van der Waals surface area contributed by atoms with Gasteiger partial charge >= 0.3 is 0 Å². The predicted molar refractivity (Wildman–Crippen MR) is 63.2 cm³/mol. The zero-order chi connectivity index (χ0) is 11.6. The van der Waals surface area contributed by atoms with Crippen molar-refractivity contribution in [3.05, 3.63) is 23.3 Å². The van der Waals surface area contributed by atoms with Crippen LogP contribution in [-0.2, 0) is 4.79 Å². The Bertz CT molecular complexity index is 327. The smallest absolute Gasteiger partial charge is 0.225 e. The highest BCUT2D eigenvalue weighted by Crippen LogP contribution is 2.44. The number of hydrogen-bond donors (Lipinski definition) is 1. The molecule has 1 aliphatic rings. The van der Waals surface area contributed by atoms with Gasteiger partial charge in [0, 0.05) is 5.41 Å². The van der Waals surface area contributed by atoms with Gasteiger partial charge in [-0.25, -0.2) is 0 Å². The van der Waals surface area contributed by atoms with Crippen molar-refractivity contribution >= 4 is 5.91 Å². The second-order valence-electron chi connectivity index (χ2n) is 4.58. The molecule has 1 aliphatic carbocycles.